The maximum absolute atomic E-state index is 12.1. The Morgan fingerprint density at radius 3 is 2.44 bits per heavy atom. The van der Waals surface area contributed by atoms with E-state index in [-0.39, 0.29) is 30.5 Å². The SMILES string of the molecule is N[C@@H](Cc1ccc(O)cc1)C(=O)NC[C@H](O)CC(C1CCCCC1)[PH](=O)O. The molecule has 0 heterocycles. The molecule has 8 heteroatoms. The summed E-state index contributed by atoms with van der Waals surface area (Å²) in [7, 11) is -2.73. The molecule has 1 amide bonds. The first-order valence-corrected chi connectivity index (χ1v) is 11.0. The van der Waals surface area contributed by atoms with E-state index in [1.165, 1.54) is 12.1 Å². The average molecular weight is 398 g/mol. The second-order valence-electron chi connectivity index (χ2n) is 7.45. The van der Waals surface area contributed by atoms with E-state index in [4.69, 9.17) is 5.73 Å². The Balaban J connectivity index is 1.78. The zero-order valence-electron chi connectivity index (χ0n) is 15.5. The quantitative estimate of drug-likeness (QED) is 0.401. The second kappa shape index (κ2) is 10.8. The van der Waals surface area contributed by atoms with E-state index in [9.17, 15) is 24.5 Å². The van der Waals surface area contributed by atoms with E-state index >= 15 is 0 Å². The fraction of sp³-hybridized carbons (Fsp3) is 0.632. The number of nitrogens with two attached hydrogens (primary N) is 1. The van der Waals surface area contributed by atoms with E-state index in [1.54, 1.807) is 12.1 Å². The van der Waals surface area contributed by atoms with Crippen LogP contribution in [-0.4, -0.2) is 45.4 Å². The summed E-state index contributed by atoms with van der Waals surface area (Å²) >= 11 is 0. The van der Waals surface area contributed by atoms with Crippen molar-refractivity contribution >= 4 is 13.9 Å². The Hall–Kier alpha value is -1.40. The average Bonchev–Trinajstić information content (AvgIpc) is 2.66. The Morgan fingerprint density at radius 1 is 1.22 bits per heavy atom. The van der Waals surface area contributed by atoms with Gasteiger partial charge in [-0.1, -0.05) is 31.4 Å². The number of rotatable bonds is 9. The monoisotopic (exact) mass is 398 g/mol. The van der Waals surface area contributed by atoms with E-state index in [0.29, 0.717) is 6.42 Å². The van der Waals surface area contributed by atoms with Gasteiger partial charge in [-0.2, -0.15) is 0 Å². The van der Waals surface area contributed by atoms with Crippen molar-refractivity contribution in [2.75, 3.05) is 6.54 Å². The number of nitrogens with one attached hydrogen (secondary N) is 1. The second-order valence-corrected chi connectivity index (χ2v) is 8.87. The van der Waals surface area contributed by atoms with Gasteiger partial charge in [0.25, 0.3) is 0 Å². The van der Waals surface area contributed by atoms with Crippen LogP contribution < -0.4 is 11.1 Å². The van der Waals surface area contributed by atoms with Crippen molar-refractivity contribution < 1.29 is 24.5 Å². The summed E-state index contributed by atoms with van der Waals surface area (Å²) in [5, 5.41) is 22.1. The minimum absolute atomic E-state index is 0.0144. The number of phenols is 1. The molecule has 0 radical (unpaired) electrons. The number of amides is 1. The van der Waals surface area contributed by atoms with Crippen LogP contribution in [0.1, 0.15) is 44.1 Å². The Labute approximate surface area is 160 Å². The zero-order chi connectivity index (χ0) is 19.8. The van der Waals surface area contributed by atoms with Gasteiger partial charge in [-0.3, -0.25) is 9.36 Å². The first-order valence-electron chi connectivity index (χ1n) is 9.59. The maximum atomic E-state index is 12.1. The van der Waals surface area contributed by atoms with Crippen molar-refractivity contribution in [3.8, 4) is 5.75 Å². The molecule has 1 saturated carbocycles. The predicted molar refractivity (Wildman–Crippen MR) is 105 cm³/mol. The van der Waals surface area contributed by atoms with Gasteiger partial charge in [0.15, 0.2) is 8.03 Å². The van der Waals surface area contributed by atoms with Crippen molar-refractivity contribution in [1.82, 2.24) is 5.32 Å². The summed E-state index contributed by atoms with van der Waals surface area (Å²) in [6.45, 7) is 0.0144. The minimum atomic E-state index is -2.73. The highest BCUT2D eigenvalue weighted by atomic mass is 31.1. The number of carbonyl (C=O) groups excluding carboxylic acids is 1. The summed E-state index contributed by atoms with van der Waals surface area (Å²) < 4.78 is 11.8. The lowest BCUT2D eigenvalue weighted by molar-refractivity contribution is -0.122. The molecule has 2 rings (SSSR count). The molecule has 0 aliphatic heterocycles. The van der Waals surface area contributed by atoms with Crippen LogP contribution in [-0.2, 0) is 15.8 Å². The first kappa shape index (κ1) is 21.9. The van der Waals surface area contributed by atoms with Gasteiger partial charge in [-0.25, -0.2) is 0 Å². The molecule has 0 aromatic heterocycles. The third-order valence-electron chi connectivity index (χ3n) is 5.30. The standard InChI is InChI=1S/C19H31N2O5P/c20-17(10-13-6-8-15(22)9-7-13)19(24)21-12-16(23)11-18(27(25)26)14-4-2-1-3-5-14/h6-9,14,16-18,22-23,27H,1-5,10-12,20H2,(H,21,24)(H,25,26)/t16-,17+,18?/m1/s1. The Bertz CT molecular complexity index is 619. The molecule has 0 saturated heterocycles. The molecule has 4 atom stereocenters. The number of hydrogen-bond acceptors (Lipinski definition) is 5. The summed E-state index contributed by atoms with van der Waals surface area (Å²) in [5.74, 6) is -0.0548. The highest BCUT2D eigenvalue weighted by Crippen LogP contribution is 2.40. The van der Waals surface area contributed by atoms with E-state index in [2.05, 4.69) is 5.32 Å². The summed E-state index contributed by atoms with van der Waals surface area (Å²) in [5.41, 5.74) is 6.33. The van der Waals surface area contributed by atoms with E-state index in [0.717, 1.165) is 37.7 Å². The van der Waals surface area contributed by atoms with Gasteiger partial charge in [-0.05, 0) is 49.3 Å². The van der Waals surface area contributed by atoms with Gasteiger partial charge in [0, 0.05) is 12.2 Å². The molecule has 0 bridgehead atoms. The molecule has 1 aliphatic rings. The van der Waals surface area contributed by atoms with Gasteiger partial charge in [0.1, 0.15) is 5.75 Å². The number of hydrogen-bond donors (Lipinski definition) is 5. The molecular weight excluding hydrogens is 367 g/mol. The molecule has 152 valence electrons. The number of carbonyl (C=O) groups is 1. The van der Waals surface area contributed by atoms with Crippen LogP contribution >= 0.6 is 8.03 Å². The summed E-state index contributed by atoms with van der Waals surface area (Å²) in [4.78, 5) is 21.8. The molecule has 2 unspecified atom stereocenters. The van der Waals surface area contributed by atoms with Gasteiger partial charge in [0.05, 0.1) is 12.1 Å². The van der Waals surface area contributed by atoms with Gasteiger partial charge in [-0.15, -0.1) is 0 Å². The zero-order valence-corrected chi connectivity index (χ0v) is 16.5. The molecule has 1 aromatic carbocycles. The fourth-order valence-corrected chi connectivity index (χ4v) is 4.95. The minimum Gasteiger partial charge on any atom is -0.508 e. The lowest BCUT2D eigenvalue weighted by Gasteiger charge is -2.29. The molecule has 0 spiro atoms. The Kier molecular flexibility index (Phi) is 8.77. The van der Waals surface area contributed by atoms with Gasteiger partial charge < -0.3 is 26.2 Å². The molecule has 7 nitrogen and oxygen atoms in total. The number of aromatic hydroxyl groups is 1. The third-order valence-corrected chi connectivity index (χ3v) is 6.64. The van der Waals surface area contributed by atoms with Crippen LogP contribution in [0.5, 0.6) is 5.75 Å². The number of benzene rings is 1. The van der Waals surface area contributed by atoms with Crippen molar-refractivity contribution in [3.05, 3.63) is 29.8 Å². The highest BCUT2D eigenvalue weighted by molar-refractivity contribution is 7.38. The van der Waals surface area contributed by atoms with Gasteiger partial charge >= 0.3 is 0 Å². The number of phenolic OH excluding ortho intramolecular Hbond substituents is 1. The first-order chi connectivity index (χ1) is 12.9. The van der Waals surface area contributed by atoms with Crippen molar-refractivity contribution in [2.24, 2.45) is 11.7 Å². The van der Waals surface area contributed by atoms with Gasteiger partial charge in [0.2, 0.25) is 5.91 Å². The van der Waals surface area contributed by atoms with Crippen LogP contribution in [0.2, 0.25) is 0 Å². The van der Waals surface area contributed by atoms with Crippen LogP contribution in [0.25, 0.3) is 0 Å². The number of aliphatic hydroxyl groups excluding tert-OH is 1. The predicted octanol–water partition coefficient (Wildman–Crippen LogP) is 1.55. The summed E-state index contributed by atoms with van der Waals surface area (Å²) in [6, 6.07) is 5.70. The molecule has 1 fully saturated rings. The van der Waals surface area contributed by atoms with Crippen LogP contribution in [0, 0.1) is 5.92 Å². The van der Waals surface area contributed by atoms with Crippen LogP contribution in [0.3, 0.4) is 0 Å². The summed E-state index contributed by atoms with van der Waals surface area (Å²) in [6.07, 6.45) is 4.81. The topological polar surface area (TPSA) is 133 Å². The lowest BCUT2D eigenvalue weighted by atomic mass is 9.85. The van der Waals surface area contributed by atoms with Crippen molar-refractivity contribution in [1.29, 1.82) is 0 Å². The smallest absolute Gasteiger partial charge is 0.237 e. The molecule has 6 N–H and O–H groups in total. The van der Waals surface area contributed by atoms with Crippen molar-refractivity contribution in [3.63, 3.8) is 0 Å². The molecule has 1 aliphatic carbocycles. The molecule has 1 aromatic rings. The van der Waals surface area contributed by atoms with Crippen molar-refractivity contribution in [2.45, 2.75) is 62.8 Å². The highest BCUT2D eigenvalue weighted by Gasteiger charge is 2.29. The lowest BCUT2D eigenvalue weighted by Crippen LogP contribution is -2.45. The van der Waals surface area contributed by atoms with Crippen LogP contribution in [0.4, 0.5) is 0 Å². The Morgan fingerprint density at radius 2 is 1.85 bits per heavy atom. The molecular formula is C19H31N2O5P. The largest absolute Gasteiger partial charge is 0.508 e. The normalized spacial score (nSPS) is 19.8. The maximum Gasteiger partial charge on any atom is 0.237 e. The van der Waals surface area contributed by atoms with E-state index < -0.39 is 25.8 Å². The number of aliphatic hydroxyl groups is 1. The fourth-order valence-electron chi connectivity index (χ4n) is 3.74. The molecule has 27 heavy (non-hydrogen) atoms. The van der Waals surface area contributed by atoms with E-state index in [1.807, 2.05) is 0 Å². The third kappa shape index (κ3) is 7.26. The van der Waals surface area contributed by atoms with Crippen LogP contribution in [0.15, 0.2) is 24.3 Å².